The van der Waals surface area contributed by atoms with Crippen molar-refractivity contribution in [1.29, 1.82) is 0 Å². The van der Waals surface area contributed by atoms with E-state index in [1.165, 1.54) is 25.7 Å². The molecular formula is C11H22IN3O2S. The topological polar surface area (TPSA) is 62.7 Å². The first-order chi connectivity index (χ1) is 8.26. The largest absolute Gasteiger partial charge is 0.469 e. The number of hydrogen-bond donors (Lipinski definition) is 2. The van der Waals surface area contributed by atoms with E-state index in [9.17, 15) is 4.79 Å². The van der Waals surface area contributed by atoms with Gasteiger partial charge in [0.15, 0.2) is 5.96 Å². The van der Waals surface area contributed by atoms with Gasteiger partial charge in [0.05, 0.1) is 13.5 Å². The van der Waals surface area contributed by atoms with Crippen LogP contribution >= 0.6 is 35.7 Å². The van der Waals surface area contributed by atoms with Crippen LogP contribution in [0.25, 0.3) is 0 Å². The maximum atomic E-state index is 10.9. The number of aliphatic imine (C=N–C) groups is 1. The maximum absolute atomic E-state index is 10.9. The zero-order chi connectivity index (χ0) is 12.5. The van der Waals surface area contributed by atoms with Crippen molar-refractivity contribution in [2.24, 2.45) is 4.99 Å². The fraction of sp³-hybridized carbons (Fsp3) is 0.818. The van der Waals surface area contributed by atoms with Crippen molar-refractivity contribution in [3.8, 4) is 0 Å². The highest BCUT2D eigenvalue weighted by Crippen LogP contribution is 2.25. The van der Waals surface area contributed by atoms with Crippen LogP contribution in [0.3, 0.4) is 0 Å². The van der Waals surface area contributed by atoms with Gasteiger partial charge in [-0.1, -0.05) is 0 Å². The summed E-state index contributed by atoms with van der Waals surface area (Å²) in [5.74, 6) is 1.81. The summed E-state index contributed by atoms with van der Waals surface area (Å²) < 4.78 is 4.56. The minimum Gasteiger partial charge on any atom is -0.469 e. The Morgan fingerprint density at radius 1 is 1.50 bits per heavy atom. The Labute approximate surface area is 130 Å². The molecule has 1 rings (SSSR count). The highest BCUT2D eigenvalue weighted by atomic mass is 127. The summed E-state index contributed by atoms with van der Waals surface area (Å²) in [7, 11) is 3.13. The van der Waals surface area contributed by atoms with Gasteiger partial charge in [0.2, 0.25) is 0 Å². The number of hydrogen-bond acceptors (Lipinski definition) is 4. The molecule has 0 aromatic heterocycles. The first kappa shape index (κ1) is 17.8. The second-order valence-electron chi connectivity index (χ2n) is 3.84. The van der Waals surface area contributed by atoms with E-state index in [0.717, 1.165) is 12.5 Å². The molecule has 0 aliphatic carbocycles. The van der Waals surface area contributed by atoms with Crippen LogP contribution < -0.4 is 10.6 Å². The molecule has 0 bridgehead atoms. The highest BCUT2D eigenvalue weighted by molar-refractivity contribution is 14.0. The van der Waals surface area contributed by atoms with Crippen molar-refractivity contribution in [3.05, 3.63) is 0 Å². The van der Waals surface area contributed by atoms with E-state index < -0.39 is 0 Å². The summed E-state index contributed by atoms with van der Waals surface area (Å²) >= 11 is 2.01. The zero-order valence-corrected chi connectivity index (χ0v) is 14.0. The number of thioether (sulfide) groups is 1. The van der Waals surface area contributed by atoms with Crippen LogP contribution in [0, 0.1) is 0 Å². The van der Waals surface area contributed by atoms with E-state index in [2.05, 4.69) is 20.4 Å². The fourth-order valence-corrected chi connectivity index (χ4v) is 2.82. The summed E-state index contributed by atoms with van der Waals surface area (Å²) in [6, 6.07) is 0. The van der Waals surface area contributed by atoms with Crippen LogP contribution in [-0.2, 0) is 9.53 Å². The molecular weight excluding hydrogens is 365 g/mol. The lowest BCUT2D eigenvalue weighted by Gasteiger charge is -2.14. The molecule has 0 aromatic rings. The molecule has 18 heavy (non-hydrogen) atoms. The summed E-state index contributed by atoms with van der Waals surface area (Å²) in [4.78, 5) is 15.0. The molecule has 0 spiro atoms. The lowest BCUT2D eigenvalue weighted by molar-refractivity contribution is -0.140. The molecule has 1 fully saturated rings. The number of esters is 1. The van der Waals surface area contributed by atoms with Crippen molar-refractivity contribution in [2.45, 2.75) is 24.5 Å². The van der Waals surface area contributed by atoms with Crippen LogP contribution in [-0.4, -0.2) is 50.2 Å². The van der Waals surface area contributed by atoms with E-state index in [0.29, 0.717) is 18.2 Å². The third-order valence-corrected chi connectivity index (χ3v) is 3.99. The third-order valence-electron chi connectivity index (χ3n) is 2.59. The van der Waals surface area contributed by atoms with Crippen LogP contribution in [0.15, 0.2) is 4.99 Å². The Hall–Kier alpha value is -0.180. The Bertz CT molecular complexity index is 271. The van der Waals surface area contributed by atoms with E-state index in [1.54, 1.807) is 7.05 Å². The minimum atomic E-state index is -0.209. The van der Waals surface area contributed by atoms with Crippen molar-refractivity contribution < 1.29 is 9.53 Å². The third kappa shape index (κ3) is 7.30. The molecule has 0 aromatic carbocycles. The lowest BCUT2D eigenvalue weighted by atomic mass is 10.2. The van der Waals surface area contributed by atoms with Crippen LogP contribution in [0.1, 0.15) is 19.3 Å². The van der Waals surface area contributed by atoms with Crippen molar-refractivity contribution in [3.63, 3.8) is 0 Å². The smallest absolute Gasteiger partial charge is 0.307 e. The SMILES string of the molecule is CN=C(NCCC(=O)OC)NCC1CCCS1.I. The van der Waals surface area contributed by atoms with Crippen LogP contribution in [0.4, 0.5) is 0 Å². The molecule has 1 atom stereocenters. The Balaban J connectivity index is 0.00000289. The van der Waals surface area contributed by atoms with Crippen LogP contribution in [0.5, 0.6) is 0 Å². The zero-order valence-electron chi connectivity index (χ0n) is 10.9. The number of ether oxygens (including phenoxy) is 1. The van der Waals surface area contributed by atoms with Crippen molar-refractivity contribution in [1.82, 2.24) is 10.6 Å². The Kier molecular flexibility index (Phi) is 10.6. The van der Waals surface area contributed by atoms with Crippen molar-refractivity contribution in [2.75, 3.05) is 33.0 Å². The van der Waals surface area contributed by atoms with Gasteiger partial charge in [0.1, 0.15) is 0 Å². The molecule has 2 N–H and O–H groups in total. The maximum Gasteiger partial charge on any atom is 0.307 e. The number of carbonyl (C=O) groups is 1. The standard InChI is InChI=1S/C11H21N3O2S.HI/c1-12-11(13-6-5-10(15)16-2)14-8-9-4-3-7-17-9;/h9H,3-8H2,1-2H3,(H2,12,13,14);1H. The number of carbonyl (C=O) groups excluding carboxylic acids is 1. The van der Waals surface area contributed by atoms with Gasteiger partial charge >= 0.3 is 5.97 Å². The quantitative estimate of drug-likeness (QED) is 0.322. The van der Waals surface area contributed by atoms with Crippen LogP contribution in [0.2, 0.25) is 0 Å². The summed E-state index contributed by atoms with van der Waals surface area (Å²) in [6.07, 6.45) is 2.94. The van der Waals surface area contributed by atoms with Gasteiger partial charge in [-0.2, -0.15) is 11.8 Å². The van der Waals surface area contributed by atoms with Gasteiger partial charge in [-0.05, 0) is 18.6 Å². The molecule has 1 heterocycles. The van der Waals surface area contributed by atoms with Gasteiger partial charge in [-0.25, -0.2) is 0 Å². The van der Waals surface area contributed by atoms with Gasteiger partial charge in [0, 0.05) is 25.4 Å². The van der Waals surface area contributed by atoms with E-state index in [1.807, 2.05) is 11.8 Å². The van der Waals surface area contributed by atoms with E-state index in [4.69, 9.17) is 0 Å². The molecule has 106 valence electrons. The van der Waals surface area contributed by atoms with Crippen molar-refractivity contribution >= 4 is 47.7 Å². The molecule has 1 aliphatic heterocycles. The normalized spacial score (nSPS) is 19.0. The molecule has 7 heteroatoms. The number of methoxy groups -OCH3 is 1. The van der Waals surface area contributed by atoms with E-state index >= 15 is 0 Å². The fourth-order valence-electron chi connectivity index (χ4n) is 1.62. The summed E-state index contributed by atoms with van der Waals surface area (Å²) in [5.41, 5.74) is 0. The second-order valence-corrected chi connectivity index (χ2v) is 5.25. The highest BCUT2D eigenvalue weighted by Gasteiger charge is 2.15. The second kappa shape index (κ2) is 10.7. The lowest BCUT2D eigenvalue weighted by Crippen LogP contribution is -2.40. The first-order valence-corrected chi connectivity index (χ1v) is 6.94. The minimum absolute atomic E-state index is 0. The van der Waals surface area contributed by atoms with Gasteiger partial charge in [-0.3, -0.25) is 9.79 Å². The Morgan fingerprint density at radius 2 is 2.28 bits per heavy atom. The number of guanidine groups is 1. The number of nitrogens with one attached hydrogen (secondary N) is 2. The average molecular weight is 387 g/mol. The predicted molar refractivity (Wildman–Crippen MR) is 86.9 cm³/mol. The molecule has 1 saturated heterocycles. The molecule has 0 amide bonds. The number of halogens is 1. The molecule has 5 nitrogen and oxygen atoms in total. The molecule has 1 unspecified atom stereocenters. The summed E-state index contributed by atoms with van der Waals surface area (Å²) in [5, 5.41) is 7.05. The number of rotatable bonds is 5. The Morgan fingerprint density at radius 3 is 2.83 bits per heavy atom. The van der Waals surface area contributed by atoms with E-state index in [-0.39, 0.29) is 29.9 Å². The monoisotopic (exact) mass is 387 g/mol. The van der Waals surface area contributed by atoms with Gasteiger partial charge in [-0.15, -0.1) is 24.0 Å². The molecule has 0 saturated carbocycles. The number of nitrogens with zero attached hydrogens (tertiary/aromatic N) is 1. The first-order valence-electron chi connectivity index (χ1n) is 5.89. The summed E-state index contributed by atoms with van der Waals surface area (Å²) in [6.45, 7) is 1.48. The molecule has 1 aliphatic rings. The van der Waals surface area contributed by atoms with Gasteiger partial charge in [0.25, 0.3) is 0 Å². The van der Waals surface area contributed by atoms with Gasteiger partial charge < -0.3 is 15.4 Å². The predicted octanol–water partition coefficient (Wildman–Crippen LogP) is 1.23. The molecule has 0 radical (unpaired) electrons. The average Bonchev–Trinajstić information content (AvgIpc) is 2.86.